The summed E-state index contributed by atoms with van der Waals surface area (Å²) in [7, 11) is 0. The number of guanidine groups is 1. The summed E-state index contributed by atoms with van der Waals surface area (Å²) in [6, 6.07) is 6.39. The highest BCUT2D eigenvalue weighted by molar-refractivity contribution is 5.89. The zero-order valence-corrected chi connectivity index (χ0v) is 10.9. The predicted molar refractivity (Wildman–Crippen MR) is 75.1 cm³/mol. The van der Waals surface area contributed by atoms with Gasteiger partial charge in [0.2, 0.25) is 5.96 Å². The minimum Gasteiger partial charge on any atom is -0.478 e. The molecule has 1 aromatic rings. The van der Waals surface area contributed by atoms with Crippen LogP contribution in [0.5, 0.6) is 0 Å². The number of hydrogen-bond donors (Lipinski definition) is 3. The van der Waals surface area contributed by atoms with Gasteiger partial charge in [-0.05, 0) is 17.7 Å². The Morgan fingerprint density at radius 1 is 1.45 bits per heavy atom. The second kappa shape index (κ2) is 6.67. The molecule has 0 saturated carbocycles. The number of aliphatic imine (C=N–C) groups is 1. The van der Waals surface area contributed by atoms with E-state index in [1.807, 2.05) is 0 Å². The number of carboxylic acid groups (broad SMARTS) is 1. The number of rotatable bonds is 5. The third-order valence-electron chi connectivity index (χ3n) is 2.72. The molecule has 0 atom stereocenters. The van der Waals surface area contributed by atoms with Gasteiger partial charge in [-0.1, -0.05) is 12.1 Å². The average molecular weight is 276 g/mol. The van der Waals surface area contributed by atoms with Gasteiger partial charge in [0.25, 0.3) is 0 Å². The summed E-state index contributed by atoms with van der Waals surface area (Å²) in [6.07, 6.45) is 1.60. The van der Waals surface area contributed by atoms with Crippen molar-refractivity contribution in [2.24, 2.45) is 10.1 Å². The van der Waals surface area contributed by atoms with Crippen LogP contribution in [0, 0.1) is 0 Å². The molecule has 0 amide bonds. The second-order valence-electron chi connectivity index (χ2n) is 4.15. The van der Waals surface area contributed by atoms with Crippen molar-refractivity contribution in [2.75, 3.05) is 26.2 Å². The second-order valence-corrected chi connectivity index (χ2v) is 4.15. The molecule has 2 rings (SSSR count). The predicted octanol–water partition coefficient (Wildman–Crippen LogP) is -0.0278. The Kier molecular flexibility index (Phi) is 4.67. The van der Waals surface area contributed by atoms with Crippen LogP contribution in [0.1, 0.15) is 15.9 Å². The number of nitrogens with zero attached hydrogens (tertiary/aromatic N) is 3. The van der Waals surface area contributed by atoms with Gasteiger partial charge in [-0.15, -0.1) is 0 Å². The number of benzene rings is 1. The molecule has 0 radical (unpaired) electrons. The summed E-state index contributed by atoms with van der Waals surface area (Å²) in [5.41, 5.74) is 1.01. The summed E-state index contributed by atoms with van der Waals surface area (Å²) in [5.74, 6) is -0.322. The van der Waals surface area contributed by atoms with Crippen molar-refractivity contribution < 1.29 is 15.0 Å². The van der Waals surface area contributed by atoms with E-state index in [2.05, 4.69) is 15.4 Å². The Morgan fingerprint density at radius 2 is 2.20 bits per heavy atom. The highest BCUT2D eigenvalue weighted by Crippen LogP contribution is 2.03. The minimum absolute atomic E-state index is 0.0318. The van der Waals surface area contributed by atoms with Gasteiger partial charge in [0, 0.05) is 6.54 Å². The number of hydrazone groups is 1. The van der Waals surface area contributed by atoms with Gasteiger partial charge in [0.15, 0.2) is 0 Å². The number of aliphatic hydroxyl groups excluding tert-OH is 1. The van der Waals surface area contributed by atoms with E-state index >= 15 is 0 Å². The highest BCUT2D eigenvalue weighted by atomic mass is 16.4. The molecule has 1 heterocycles. The number of carboxylic acids is 1. The Labute approximate surface area is 116 Å². The number of hydrogen-bond acceptors (Lipinski definition) is 6. The van der Waals surface area contributed by atoms with Gasteiger partial charge in [0.05, 0.1) is 31.5 Å². The van der Waals surface area contributed by atoms with Gasteiger partial charge in [-0.3, -0.25) is 0 Å². The van der Waals surface area contributed by atoms with Crippen molar-refractivity contribution >= 4 is 18.1 Å². The summed E-state index contributed by atoms with van der Waals surface area (Å²) in [4.78, 5) is 15.0. The van der Waals surface area contributed by atoms with E-state index in [0.29, 0.717) is 19.0 Å². The standard InChI is InChI=1S/C13H16N4O3/c18-8-7-17(13-14-5-6-15-13)16-9-10-1-3-11(4-2-10)12(19)20/h1-4,9,18H,5-8H2,(H,14,15)(H,19,20)/b16-9+. The fraction of sp³-hybridized carbons (Fsp3) is 0.308. The summed E-state index contributed by atoms with van der Waals surface area (Å²) < 4.78 is 0. The van der Waals surface area contributed by atoms with Crippen molar-refractivity contribution in [3.63, 3.8) is 0 Å². The van der Waals surface area contributed by atoms with Crippen molar-refractivity contribution in [2.45, 2.75) is 0 Å². The topological polar surface area (TPSA) is 97.5 Å². The molecule has 1 aliphatic heterocycles. The number of aliphatic hydroxyl groups is 1. The van der Waals surface area contributed by atoms with Gasteiger partial charge >= 0.3 is 5.97 Å². The first-order valence-corrected chi connectivity index (χ1v) is 6.25. The number of carbonyl (C=O) groups is 1. The summed E-state index contributed by atoms with van der Waals surface area (Å²) in [6.45, 7) is 1.77. The van der Waals surface area contributed by atoms with Crippen LogP contribution in [0.3, 0.4) is 0 Å². The van der Waals surface area contributed by atoms with Crippen LogP contribution in [0.2, 0.25) is 0 Å². The first-order valence-electron chi connectivity index (χ1n) is 6.25. The molecule has 0 unspecified atom stereocenters. The van der Waals surface area contributed by atoms with Crippen molar-refractivity contribution in [3.05, 3.63) is 35.4 Å². The average Bonchev–Trinajstić information content (AvgIpc) is 2.98. The van der Waals surface area contributed by atoms with E-state index in [-0.39, 0.29) is 12.2 Å². The maximum Gasteiger partial charge on any atom is 0.335 e. The van der Waals surface area contributed by atoms with E-state index in [9.17, 15) is 4.79 Å². The van der Waals surface area contributed by atoms with Gasteiger partial charge in [0.1, 0.15) is 0 Å². The maximum atomic E-state index is 10.7. The summed E-state index contributed by atoms with van der Waals surface area (Å²) >= 11 is 0. The molecule has 0 aromatic heterocycles. The Bertz CT molecular complexity index is 525. The fourth-order valence-corrected chi connectivity index (χ4v) is 1.72. The van der Waals surface area contributed by atoms with E-state index in [1.165, 1.54) is 12.1 Å². The molecule has 3 N–H and O–H groups in total. The zero-order valence-electron chi connectivity index (χ0n) is 10.9. The molecular weight excluding hydrogens is 260 g/mol. The lowest BCUT2D eigenvalue weighted by Crippen LogP contribution is -2.36. The SMILES string of the molecule is O=C(O)c1ccc(/C=N/N(CCO)C2=NCCN2)cc1. The zero-order chi connectivity index (χ0) is 14.4. The number of aromatic carboxylic acids is 1. The smallest absolute Gasteiger partial charge is 0.335 e. The molecule has 0 saturated heterocycles. The fourth-order valence-electron chi connectivity index (χ4n) is 1.72. The van der Waals surface area contributed by atoms with Crippen LogP contribution >= 0.6 is 0 Å². The Hall–Kier alpha value is -2.41. The van der Waals surface area contributed by atoms with Crippen LogP contribution in [-0.4, -0.2) is 59.6 Å². The van der Waals surface area contributed by atoms with Gasteiger partial charge in [-0.25, -0.2) is 14.8 Å². The van der Waals surface area contributed by atoms with E-state index in [4.69, 9.17) is 10.2 Å². The molecule has 7 nitrogen and oxygen atoms in total. The van der Waals surface area contributed by atoms with Crippen molar-refractivity contribution in [1.82, 2.24) is 10.3 Å². The van der Waals surface area contributed by atoms with Crippen LogP contribution in [0.25, 0.3) is 0 Å². The lowest BCUT2D eigenvalue weighted by molar-refractivity contribution is 0.0697. The van der Waals surface area contributed by atoms with Crippen LogP contribution < -0.4 is 5.32 Å². The van der Waals surface area contributed by atoms with Gasteiger partial charge < -0.3 is 15.5 Å². The normalized spacial score (nSPS) is 14.2. The van der Waals surface area contributed by atoms with Crippen LogP contribution in [0.4, 0.5) is 0 Å². The first-order chi connectivity index (χ1) is 9.70. The van der Waals surface area contributed by atoms with E-state index in [0.717, 1.165) is 12.1 Å². The molecular formula is C13H16N4O3. The Morgan fingerprint density at radius 3 is 2.75 bits per heavy atom. The first kappa shape index (κ1) is 14.0. The molecule has 0 aliphatic carbocycles. The molecule has 1 aromatic carbocycles. The molecule has 0 spiro atoms. The van der Waals surface area contributed by atoms with Crippen LogP contribution in [-0.2, 0) is 0 Å². The Balaban J connectivity index is 2.07. The molecule has 20 heavy (non-hydrogen) atoms. The van der Waals surface area contributed by atoms with E-state index in [1.54, 1.807) is 23.4 Å². The van der Waals surface area contributed by atoms with E-state index < -0.39 is 5.97 Å². The monoisotopic (exact) mass is 276 g/mol. The lowest BCUT2D eigenvalue weighted by atomic mass is 10.1. The van der Waals surface area contributed by atoms with Crippen molar-refractivity contribution in [3.8, 4) is 0 Å². The largest absolute Gasteiger partial charge is 0.478 e. The molecule has 7 heteroatoms. The molecule has 1 aliphatic rings. The lowest BCUT2D eigenvalue weighted by Gasteiger charge is -2.17. The summed E-state index contributed by atoms with van der Waals surface area (Å²) in [5, 5.41) is 26.7. The third kappa shape index (κ3) is 3.55. The number of nitrogens with one attached hydrogen (secondary N) is 1. The van der Waals surface area contributed by atoms with Crippen molar-refractivity contribution in [1.29, 1.82) is 0 Å². The third-order valence-corrected chi connectivity index (χ3v) is 2.72. The molecule has 106 valence electrons. The molecule has 0 bridgehead atoms. The van der Waals surface area contributed by atoms with Gasteiger partial charge in [-0.2, -0.15) is 5.10 Å². The quantitative estimate of drug-likeness (QED) is 0.518. The highest BCUT2D eigenvalue weighted by Gasteiger charge is 2.12. The van der Waals surface area contributed by atoms with Crippen LogP contribution in [0.15, 0.2) is 34.4 Å². The molecule has 0 fully saturated rings. The minimum atomic E-state index is -0.958. The maximum absolute atomic E-state index is 10.7.